The van der Waals surface area contributed by atoms with Gasteiger partial charge in [0.1, 0.15) is 6.61 Å². The minimum atomic E-state index is -0.399. The first-order chi connectivity index (χ1) is 16.1. The summed E-state index contributed by atoms with van der Waals surface area (Å²) < 4.78 is 26.9. The van der Waals surface area contributed by atoms with Gasteiger partial charge in [0.15, 0.2) is 22.5 Å². The average molecular weight is 477 g/mol. The lowest BCUT2D eigenvalue weighted by Gasteiger charge is -2.30. The third-order valence-electron chi connectivity index (χ3n) is 6.93. The average Bonchev–Trinajstić information content (AvgIpc) is 3.55. The van der Waals surface area contributed by atoms with Crippen LogP contribution < -0.4 is 10.1 Å². The van der Waals surface area contributed by atoms with Gasteiger partial charge in [-0.1, -0.05) is 30.3 Å². The fourth-order valence-electron chi connectivity index (χ4n) is 5.32. The second kappa shape index (κ2) is 11.3. The molecule has 1 heterocycles. The summed E-state index contributed by atoms with van der Waals surface area (Å²) >= 11 is 1.39. The number of nitrogens with one attached hydrogen (secondary N) is 1. The summed E-state index contributed by atoms with van der Waals surface area (Å²) in [6.07, 6.45) is 5.94. The van der Waals surface area contributed by atoms with E-state index >= 15 is 0 Å². The van der Waals surface area contributed by atoms with Crippen molar-refractivity contribution < 1.29 is 18.7 Å². The summed E-state index contributed by atoms with van der Waals surface area (Å²) in [5.74, 6) is 2.81. The number of hydrogen-bond acceptors (Lipinski definition) is 6. The number of aromatic nitrogens is 3. The molecular weight excluding hydrogens is 443 g/mol. The van der Waals surface area contributed by atoms with Crippen LogP contribution in [0.3, 0.4) is 0 Å². The minimum Gasteiger partial charge on any atom is -0.483 e. The topological polar surface area (TPSA) is 78.3 Å². The van der Waals surface area contributed by atoms with Gasteiger partial charge in [0.25, 0.3) is 0 Å². The van der Waals surface area contributed by atoms with E-state index in [4.69, 9.17) is 9.47 Å². The van der Waals surface area contributed by atoms with Crippen molar-refractivity contribution in [1.82, 2.24) is 20.1 Å². The molecule has 0 spiro atoms. The van der Waals surface area contributed by atoms with Gasteiger partial charge in [0, 0.05) is 26.3 Å². The Hall–Kier alpha value is -2.13. The predicted octanol–water partition coefficient (Wildman–Crippen LogP) is 4.24. The highest BCUT2D eigenvalue weighted by molar-refractivity contribution is 7.99. The summed E-state index contributed by atoms with van der Waals surface area (Å²) in [5, 5.41) is 12.4. The fourth-order valence-corrected chi connectivity index (χ4v) is 6.19. The third-order valence-corrected chi connectivity index (χ3v) is 7.87. The van der Waals surface area contributed by atoms with E-state index in [1.165, 1.54) is 43.5 Å². The maximum Gasteiger partial charge on any atom is 0.230 e. The van der Waals surface area contributed by atoms with E-state index in [1.54, 1.807) is 25.3 Å². The maximum atomic E-state index is 14.0. The summed E-state index contributed by atoms with van der Waals surface area (Å²) in [4.78, 5) is 12.3. The summed E-state index contributed by atoms with van der Waals surface area (Å²) in [6.45, 7) is 3.55. The molecule has 9 heteroatoms. The first-order valence-electron chi connectivity index (χ1n) is 11.8. The SMILES string of the molecule is COCCCNC(=O)CSc1nnc(COc2ccccc2F)n1C(C)C1CC2CCC1C2. The number of carbonyl (C=O) groups is 1. The zero-order valence-corrected chi connectivity index (χ0v) is 20.2. The molecule has 4 atom stereocenters. The van der Waals surface area contributed by atoms with Crippen LogP contribution in [0.25, 0.3) is 0 Å². The number of nitrogens with zero attached hydrogens (tertiary/aromatic N) is 3. The van der Waals surface area contributed by atoms with Crippen LogP contribution in [0.4, 0.5) is 4.39 Å². The number of thioether (sulfide) groups is 1. The van der Waals surface area contributed by atoms with Crippen molar-refractivity contribution in [3.05, 3.63) is 35.9 Å². The van der Waals surface area contributed by atoms with Crippen LogP contribution in [0.2, 0.25) is 0 Å². The van der Waals surface area contributed by atoms with Crippen LogP contribution in [0.5, 0.6) is 5.75 Å². The highest BCUT2D eigenvalue weighted by atomic mass is 32.2. The third kappa shape index (κ3) is 5.87. The van der Waals surface area contributed by atoms with Gasteiger partial charge in [-0.05, 0) is 62.5 Å². The number of amides is 1. The Morgan fingerprint density at radius 2 is 2.15 bits per heavy atom. The smallest absolute Gasteiger partial charge is 0.230 e. The van der Waals surface area contributed by atoms with E-state index < -0.39 is 5.82 Å². The van der Waals surface area contributed by atoms with Crippen molar-refractivity contribution >= 4 is 17.7 Å². The Balaban J connectivity index is 1.46. The first kappa shape index (κ1) is 24.0. The molecule has 1 aromatic heterocycles. The molecule has 2 aliphatic rings. The number of ether oxygens (including phenoxy) is 2. The van der Waals surface area contributed by atoms with Gasteiger partial charge in [-0.25, -0.2) is 4.39 Å². The van der Waals surface area contributed by atoms with Crippen molar-refractivity contribution in [2.75, 3.05) is 26.0 Å². The molecule has 2 aliphatic carbocycles. The number of methoxy groups -OCH3 is 1. The zero-order chi connectivity index (χ0) is 23.2. The molecule has 4 unspecified atom stereocenters. The number of halogens is 1. The molecule has 4 rings (SSSR count). The predicted molar refractivity (Wildman–Crippen MR) is 125 cm³/mol. The second-order valence-corrected chi connectivity index (χ2v) is 9.99. The molecule has 33 heavy (non-hydrogen) atoms. The number of benzene rings is 1. The highest BCUT2D eigenvalue weighted by Gasteiger charge is 2.43. The number of para-hydroxylation sites is 1. The quantitative estimate of drug-likeness (QED) is 0.365. The Labute approximate surface area is 198 Å². The highest BCUT2D eigenvalue weighted by Crippen LogP contribution is 2.52. The fraction of sp³-hybridized carbons (Fsp3) is 0.625. The molecule has 0 aliphatic heterocycles. The van der Waals surface area contributed by atoms with Gasteiger partial charge >= 0.3 is 0 Å². The second-order valence-electron chi connectivity index (χ2n) is 9.05. The molecular formula is C24H33FN4O3S. The summed E-state index contributed by atoms with van der Waals surface area (Å²) in [7, 11) is 1.65. The Bertz CT molecular complexity index is 940. The van der Waals surface area contributed by atoms with Gasteiger partial charge < -0.3 is 14.8 Å². The minimum absolute atomic E-state index is 0.0395. The maximum absolute atomic E-state index is 14.0. The van der Waals surface area contributed by atoms with Crippen molar-refractivity contribution in [2.24, 2.45) is 17.8 Å². The van der Waals surface area contributed by atoms with E-state index in [0.29, 0.717) is 30.1 Å². The zero-order valence-electron chi connectivity index (χ0n) is 19.3. The molecule has 2 aromatic rings. The Morgan fingerprint density at radius 1 is 1.30 bits per heavy atom. The molecule has 2 fully saturated rings. The number of rotatable bonds is 12. The van der Waals surface area contributed by atoms with E-state index in [1.807, 2.05) is 0 Å². The molecule has 1 N–H and O–H groups in total. The molecule has 2 bridgehead atoms. The van der Waals surface area contributed by atoms with E-state index in [2.05, 4.69) is 27.0 Å². The first-order valence-corrected chi connectivity index (χ1v) is 12.7. The van der Waals surface area contributed by atoms with Gasteiger partial charge in [-0.3, -0.25) is 9.36 Å². The molecule has 1 aromatic carbocycles. The number of carbonyl (C=O) groups excluding carboxylic acids is 1. The van der Waals surface area contributed by atoms with Crippen LogP contribution in [0.1, 0.15) is 50.9 Å². The van der Waals surface area contributed by atoms with E-state index in [-0.39, 0.29) is 30.1 Å². The van der Waals surface area contributed by atoms with Crippen LogP contribution >= 0.6 is 11.8 Å². The molecule has 7 nitrogen and oxygen atoms in total. The van der Waals surface area contributed by atoms with Gasteiger partial charge in [0.2, 0.25) is 5.91 Å². The molecule has 2 saturated carbocycles. The monoisotopic (exact) mass is 476 g/mol. The van der Waals surface area contributed by atoms with Crippen molar-refractivity contribution in [3.8, 4) is 5.75 Å². The van der Waals surface area contributed by atoms with Crippen LogP contribution in [-0.4, -0.2) is 46.7 Å². The lowest BCUT2D eigenvalue weighted by atomic mass is 9.84. The van der Waals surface area contributed by atoms with Gasteiger partial charge in [-0.15, -0.1) is 10.2 Å². The Kier molecular flexibility index (Phi) is 8.25. The van der Waals surface area contributed by atoms with E-state index in [9.17, 15) is 9.18 Å². The van der Waals surface area contributed by atoms with Gasteiger partial charge in [-0.2, -0.15) is 0 Å². The molecule has 180 valence electrons. The van der Waals surface area contributed by atoms with Crippen LogP contribution in [-0.2, 0) is 16.1 Å². The van der Waals surface area contributed by atoms with E-state index in [0.717, 1.165) is 18.3 Å². The standard InChI is InChI=1S/C24H33FN4O3S/c1-16(19-13-17-8-9-18(19)12-17)29-22(14-32-21-7-4-3-6-20(21)25)27-28-24(29)33-15-23(30)26-10-5-11-31-2/h3-4,6-7,16-19H,5,8-15H2,1-2H3,(H,26,30). The summed E-state index contributed by atoms with van der Waals surface area (Å²) in [5.41, 5.74) is 0. The van der Waals surface area contributed by atoms with Crippen LogP contribution in [0.15, 0.2) is 29.4 Å². The lowest BCUT2D eigenvalue weighted by Crippen LogP contribution is -2.27. The molecule has 0 saturated heterocycles. The normalized spacial score (nSPS) is 22.5. The van der Waals surface area contributed by atoms with Gasteiger partial charge in [0.05, 0.1) is 5.75 Å². The van der Waals surface area contributed by atoms with Crippen molar-refractivity contribution in [1.29, 1.82) is 0 Å². The van der Waals surface area contributed by atoms with Crippen molar-refractivity contribution in [3.63, 3.8) is 0 Å². The molecule has 1 amide bonds. The number of fused-ring (bicyclic) bond motifs is 2. The lowest BCUT2D eigenvalue weighted by molar-refractivity contribution is -0.118. The largest absolute Gasteiger partial charge is 0.483 e. The number of hydrogen-bond donors (Lipinski definition) is 1. The Morgan fingerprint density at radius 3 is 2.88 bits per heavy atom. The summed E-state index contributed by atoms with van der Waals surface area (Å²) in [6, 6.07) is 6.57. The van der Waals surface area contributed by atoms with Crippen molar-refractivity contribution in [2.45, 2.75) is 56.8 Å². The molecule has 0 radical (unpaired) electrons. The van der Waals surface area contributed by atoms with Crippen LogP contribution in [0, 0.1) is 23.6 Å².